The Labute approximate surface area is 116 Å². The summed E-state index contributed by atoms with van der Waals surface area (Å²) in [5.41, 5.74) is 1.50. The number of nitrogens with one attached hydrogen (secondary N) is 1. The number of benzene rings is 1. The molecule has 2 amide bonds. The number of hydrogen-bond acceptors (Lipinski definition) is 5. The van der Waals surface area contributed by atoms with Crippen LogP contribution in [0.15, 0.2) is 18.2 Å². The van der Waals surface area contributed by atoms with Crippen LogP contribution in [0.2, 0.25) is 0 Å². The van der Waals surface area contributed by atoms with E-state index in [1.54, 1.807) is 25.1 Å². The van der Waals surface area contributed by atoms with Gasteiger partial charge in [0.2, 0.25) is 0 Å². The summed E-state index contributed by atoms with van der Waals surface area (Å²) in [5, 5.41) is 3.03. The number of ether oxygens (including phenoxy) is 1. The van der Waals surface area contributed by atoms with Crippen LogP contribution in [0.25, 0.3) is 0 Å². The molecule has 0 unspecified atom stereocenters. The van der Waals surface area contributed by atoms with Gasteiger partial charge in [-0.25, -0.2) is 0 Å². The topological polar surface area (TPSA) is 75.7 Å². The molecule has 0 radical (unpaired) electrons. The molecule has 1 N–H and O–H groups in total. The highest BCUT2D eigenvalue weighted by Crippen LogP contribution is 2.24. The summed E-state index contributed by atoms with van der Waals surface area (Å²) in [6.07, 6.45) is 0.248. The van der Waals surface area contributed by atoms with Crippen LogP contribution in [0.3, 0.4) is 0 Å². The Kier molecular flexibility index (Phi) is 4.02. The molecule has 1 aromatic carbocycles. The van der Waals surface area contributed by atoms with Gasteiger partial charge in [0.05, 0.1) is 24.2 Å². The number of nitrogens with zero attached hydrogens (tertiary/aromatic N) is 1. The molecule has 0 spiro atoms. The second-order valence-electron chi connectivity index (χ2n) is 4.41. The molecule has 1 aliphatic heterocycles. The van der Waals surface area contributed by atoms with Gasteiger partial charge in [-0.1, -0.05) is 0 Å². The van der Waals surface area contributed by atoms with Crippen molar-refractivity contribution >= 4 is 23.5 Å². The Morgan fingerprint density at radius 1 is 1.25 bits per heavy atom. The first-order chi connectivity index (χ1) is 9.54. The molecule has 20 heavy (non-hydrogen) atoms. The van der Waals surface area contributed by atoms with Crippen LogP contribution < -0.4 is 5.32 Å². The maximum absolute atomic E-state index is 11.8. The molecular formula is C14H16N2O4. The number of carbonyl (C=O) groups is 3. The van der Waals surface area contributed by atoms with Crippen LogP contribution >= 0.6 is 0 Å². The average Bonchev–Trinajstić information content (AvgIpc) is 2.64. The summed E-state index contributed by atoms with van der Waals surface area (Å²) in [6.45, 7) is 2.53. The smallest absolute Gasteiger partial charge is 0.307 e. The fraction of sp³-hybridized carbons (Fsp3) is 0.357. The lowest BCUT2D eigenvalue weighted by Crippen LogP contribution is -2.24. The number of carbonyl (C=O) groups excluding carboxylic acids is 3. The minimum atomic E-state index is -0.306. The van der Waals surface area contributed by atoms with Crippen molar-refractivity contribution in [3.8, 4) is 0 Å². The molecule has 0 saturated carbocycles. The normalized spacial score (nSPS) is 13.4. The third kappa shape index (κ3) is 2.64. The zero-order valence-corrected chi connectivity index (χ0v) is 11.4. The number of imide groups is 1. The Balaban J connectivity index is 2.01. The van der Waals surface area contributed by atoms with E-state index >= 15 is 0 Å². The van der Waals surface area contributed by atoms with Crippen molar-refractivity contribution in [2.45, 2.75) is 13.3 Å². The largest absolute Gasteiger partial charge is 0.466 e. The highest BCUT2D eigenvalue weighted by atomic mass is 16.5. The summed E-state index contributed by atoms with van der Waals surface area (Å²) in [5.74, 6) is -0.866. The third-order valence-corrected chi connectivity index (χ3v) is 3.05. The molecule has 6 heteroatoms. The maximum Gasteiger partial charge on any atom is 0.307 e. The van der Waals surface area contributed by atoms with E-state index in [4.69, 9.17) is 4.74 Å². The third-order valence-electron chi connectivity index (χ3n) is 3.05. The van der Waals surface area contributed by atoms with Crippen molar-refractivity contribution < 1.29 is 19.1 Å². The molecule has 0 saturated heterocycles. The van der Waals surface area contributed by atoms with Gasteiger partial charge in [0.1, 0.15) is 0 Å². The molecule has 0 bridgehead atoms. The first-order valence-electron chi connectivity index (χ1n) is 6.40. The number of rotatable bonds is 5. The maximum atomic E-state index is 11.8. The van der Waals surface area contributed by atoms with Gasteiger partial charge < -0.3 is 10.1 Å². The van der Waals surface area contributed by atoms with Gasteiger partial charge in [0, 0.05) is 19.3 Å². The van der Waals surface area contributed by atoms with E-state index in [0.717, 1.165) is 4.90 Å². The lowest BCUT2D eigenvalue weighted by Gasteiger charge is -2.07. The van der Waals surface area contributed by atoms with Gasteiger partial charge in [0.25, 0.3) is 11.8 Å². The van der Waals surface area contributed by atoms with E-state index in [2.05, 4.69) is 5.32 Å². The fourth-order valence-electron chi connectivity index (χ4n) is 2.01. The molecule has 1 aromatic rings. The molecule has 0 aliphatic carbocycles. The van der Waals surface area contributed by atoms with Crippen LogP contribution in [0.5, 0.6) is 0 Å². The van der Waals surface area contributed by atoms with Gasteiger partial charge in [-0.3, -0.25) is 19.3 Å². The Hall–Kier alpha value is -2.37. The fourth-order valence-corrected chi connectivity index (χ4v) is 2.01. The first-order valence-corrected chi connectivity index (χ1v) is 6.40. The summed E-state index contributed by atoms with van der Waals surface area (Å²) < 4.78 is 4.81. The van der Waals surface area contributed by atoms with E-state index in [0.29, 0.717) is 30.0 Å². The van der Waals surface area contributed by atoms with Crippen LogP contribution in [-0.4, -0.2) is 42.9 Å². The van der Waals surface area contributed by atoms with E-state index in [1.165, 1.54) is 7.05 Å². The SMILES string of the molecule is CCOC(=O)CCNc1ccc2c(c1)C(=O)N(C)C2=O. The highest BCUT2D eigenvalue weighted by molar-refractivity contribution is 6.21. The Morgan fingerprint density at radius 3 is 2.65 bits per heavy atom. The van der Waals surface area contributed by atoms with E-state index in [9.17, 15) is 14.4 Å². The monoisotopic (exact) mass is 276 g/mol. The zero-order valence-electron chi connectivity index (χ0n) is 11.4. The number of amides is 2. The van der Waals surface area contributed by atoms with Crippen LogP contribution in [0, 0.1) is 0 Å². The van der Waals surface area contributed by atoms with Gasteiger partial charge in [-0.2, -0.15) is 0 Å². The molecule has 6 nitrogen and oxygen atoms in total. The average molecular weight is 276 g/mol. The molecular weight excluding hydrogens is 260 g/mol. The second-order valence-corrected chi connectivity index (χ2v) is 4.41. The number of fused-ring (bicyclic) bond motifs is 1. The van der Waals surface area contributed by atoms with Gasteiger partial charge in [0.15, 0.2) is 0 Å². The predicted molar refractivity (Wildman–Crippen MR) is 72.6 cm³/mol. The lowest BCUT2D eigenvalue weighted by molar-refractivity contribution is -0.142. The van der Waals surface area contributed by atoms with Crippen molar-refractivity contribution in [2.75, 3.05) is 25.5 Å². The van der Waals surface area contributed by atoms with E-state index < -0.39 is 0 Å². The van der Waals surface area contributed by atoms with E-state index in [-0.39, 0.29) is 24.2 Å². The second kappa shape index (κ2) is 5.73. The van der Waals surface area contributed by atoms with Crippen LogP contribution in [0.4, 0.5) is 5.69 Å². The number of hydrogen-bond donors (Lipinski definition) is 1. The molecule has 0 aromatic heterocycles. The van der Waals surface area contributed by atoms with Crippen LogP contribution in [0.1, 0.15) is 34.1 Å². The highest BCUT2D eigenvalue weighted by Gasteiger charge is 2.32. The first kappa shape index (κ1) is 14.0. The van der Waals surface area contributed by atoms with Gasteiger partial charge in [-0.15, -0.1) is 0 Å². The van der Waals surface area contributed by atoms with Crippen molar-refractivity contribution in [1.82, 2.24) is 4.90 Å². The molecule has 0 fully saturated rings. The van der Waals surface area contributed by atoms with Crippen molar-refractivity contribution in [3.63, 3.8) is 0 Å². The quantitative estimate of drug-likeness (QED) is 0.647. The summed E-state index contributed by atoms with van der Waals surface area (Å²) >= 11 is 0. The summed E-state index contributed by atoms with van der Waals surface area (Å²) in [6, 6.07) is 4.96. The lowest BCUT2D eigenvalue weighted by atomic mass is 10.1. The Bertz CT molecular complexity index is 568. The molecule has 2 rings (SSSR count). The van der Waals surface area contributed by atoms with Crippen molar-refractivity contribution in [3.05, 3.63) is 29.3 Å². The summed E-state index contributed by atoms with van der Waals surface area (Å²) in [4.78, 5) is 35.8. The van der Waals surface area contributed by atoms with Crippen LogP contribution in [-0.2, 0) is 9.53 Å². The van der Waals surface area contributed by atoms with Gasteiger partial charge in [-0.05, 0) is 25.1 Å². The van der Waals surface area contributed by atoms with Crippen molar-refractivity contribution in [1.29, 1.82) is 0 Å². The van der Waals surface area contributed by atoms with Crippen molar-refractivity contribution in [2.24, 2.45) is 0 Å². The van der Waals surface area contributed by atoms with E-state index in [1.807, 2.05) is 0 Å². The van der Waals surface area contributed by atoms with Gasteiger partial charge >= 0.3 is 5.97 Å². The number of anilines is 1. The Morgan fingerprint density at radius 2 is 1.95 bits per heavy atom. The zero-order chi connectivity index (χ0) is 14.7. The summed E-state index contributed by atoms with van der Waals surface area (Å²) in [7, 11) is 1.46. The molecule has 1 heterocycles. The predicted octanol–water partition coefficient (Wildman–Crippen LogP) is 1.28. The standard InChI is InChI=1S/C14H16N2O4/c1-3-20-12(17)6-7-15-9-4-5-10-11(8-9)14(19)16(2)13(10)18/h4-5,8,15H,3,6-7H2,1-2H3. The minimum absolute atomic E-state index is 0.248. The molecule has 106 valence electrons. The molecule has 1 aliphatic rings. The minimum Gasteiger partial charge on any atom is -0.466 e. The molecule has 0 atom stereocenters. The number of esters is 1.